The molecule has 4 amide bonds. The molecule has 10 heteroatoms. The normalized spacial score (nSPS) is 22.7. The quantitative estimate of drug-likeness (QED) is 0.287. The van der Waals surface area contributed by atoms with E-state index >= 15 is 0 Å². The van der Waals surface area contributed by atoms with Crippen LogP contribution < -0.4 is 21.8 Å². The Kier molecular flexibility index (Phi) is 9.64. The molecule has 1 heterocycles. The Morgan fingerprint density at radius 2 is 1.90 bits per heavy atom. The first-order chi connectivity index (χ1) is 14.4. The molecule has 1 aliphatic rings. The highest BCUT2D eigenvalue weighted by molar-refractivity contribution is 5.93. The molecule has 5 unspecified atom stereocenters. The minimum absolute atomic E-state index is 0.00919. The van der Waals surface area contributed by atoms with Gasteiger partial charge in [-0.15, -0.1) is 6.58 Å². The summed E-state index contributed by atoms with van der Waals surface area (Å²) >= 11 is 0. The van der Waals surface area contributed by atoms with Crippen molar-refractivity contribution < 1.29 is 24.3 Å². The summed E-state index contributed by atoms with van der Waals surface area (Å²) in [5.74, 6) is -2.14. The lowest BCUT2D eigenvalue weighted by molar-refractivity contribution is -0.144. The van der Waals surface area contributed by atoms with Crippen molar-refractivity contribution in [1.29, 1.82) is 0 Å². The van der Waals surface area contributed by atoms with Gasteiger partial charge >= 0.3 is 0 Å². The standard InChI is InChI=1S/C21H37N5O5/c1-7-21(6,9-11-27)20(31)24-15(12(2)3)18(29)23-14(5)19(30)26-10-8-13(4)16(25-26)17(22)28/h7,12-16,25,27H,1,8-11H2,2-6H3,(H2,22,28)(H,23,29)(H,24,31). The Bertz CT molecular complexity index is 698. The molecule has 0 aromatic heterocycles. The molecule has 6 N–H and O–H groups in total. The summed E-state index contributed by atoms with van der Waals surface area (Å²) in [6.07, 6.45) is 2.21. The van der Waals surface area contributed by atoms with Crippen LogP contribution in [0, 0.1) is 17.3 Å². The van der Waals surface area contributed by atoms with E-state index in [0.717, 1.165) is 0 Å². The average molecular weight is 440 g/mol. The lowest BCUT2D eigenvalue weighted by atomic mass is 9.85. The van der Waals surface area contributed by atoms with E-state index in [4.69, 9.17) is 5.73 Å². The summed E-state index contributed by atoms with van der Waals surface area (Å²) in [6.45, 7) is 12.4. The van der Waals surface area contributed by atoms with Crippen LogP contribution in [0.4, 0.5) is 0 Å². The van der Waals surface area contributed by atoms with E-state index < -0.39 is 47.2 Å². The summed E-state index contributed by atoms with van der Waals surface area (Å²) in [5, 5.41) is 15.9. The van der Waals surface area contributed by atoms with Gasteiger partial charge in [-0.25, -0.2) is 5.43 Å². The first-order valence-electron chi connectivity index (χ1n) is 10.6. The number of hydrazine groups is 1. The average Bonchev–Trinajstić information content (AvgIpc) is 2.70. The van der Waals surface area contributed by atoms with Gasteiger partial charge in [-0.05, 0) is 38.5 Å². The van der Waals surface area contributed by atoms with Crippen LogP contribution in [0.1, 0.15) is 47.5 Å². The van der Waals surface area contributed by atoms with Crippen LogP contribution in [0.3, 0.4) is 0 Å². The third kappa shape index (κ3) is 6.76. The third-order valence-corrected chi connectivity index (χ3v) is 5.81. The smallest absolute Gasteiger partial charge is 0.258 e. The van der Waals surface area contributed by atoms with Crippen LogP contribution in [-0.2, 0) is 19.2 Å². The predicted octanol–water partition coefficient (Wildman–Crippen LogP) is -0.566. The Hall–Kier alpha value is -2.46. The van der Waals surface area contributed by atoms with Gasteiger partial charge in [0.2, 0.25) is 17.7 Å². The van der Waals surface area contributed by atoms with Crippen molar-refractivity contribution in [3.05, 3.63) is 12.7 Å². The van der Waals surface area contributed by atoms with Crippen LogP contribution in [0.5, 0.6) is 0 Å². The van der Waals surface area contributed by atoms with E-state index in [0.29, 0.717) is 13.0 Å². The molecular weight excluding hydrogens is 402 g/mol. The largest absolute Gasteiger partial charge is 0.396 e. The van der Waals surface area contributed by atoms with Gasteiger partial charge in [-0.1, -0.05) is 26.8 Å². The molecule has 5 atom stereocenters. The predicted molar refractivity (Wildman–Crippen MR) is 116 cm³/mol. The summed E-state index contributed by atoms with van der Waals surface area (Å²) in [6, 6.07) is -2.43. The lowest BCUT2D eigenvalue weighted by Gasteiger charge is -2.37. The van der Waals surface area contributed by atoms with Gasteiger partial charge in [0.05, 0.1) is 5.41 Å². The Morgan fingerprint density at radius 1 is 1.29 bits per heavy atom. The van der Waals surface area contributed by atoms with Crippen LogP contribution in [0.25, 0.3) is 0 Å². The van der Waals surface area contributed by atoms with E-state index in [1.165, 1.54) is 18.0 Å². The second kappa shape index (κ2) is 11.2. The fourth-order valence-electron chi connectivity index (χ4n) is 3.36. The number of carbonyl (C=O) groups is 4. The number of hydrogen-bond donors (Lipinski definition) is 5. The molecule has 0 aromatic rings. The number of aliphatic hydroxyl groups excluding tert-OH is 1. The van der Waals surface area contributed by atoms with Gasteiger partial charge in [0.1, 0.15) is 18.1 Å². The van der Waals surface area contributed by atoms with Crippen molar-refractivity contribution in [3.8, 4) is 0 Å². The lowest BCUT2D eigenvalue weighted by Crippen LogP contribution is -2.63. The zero-order chi connectivity index (χ0) is 23.9. The first-order valence-corrected chi connectivity index (χ1v) is 10.6. The van der Waals surface area contributed by atoms with Gasteiger partial charge in [0, 0.05) is 13.2 Å². The van der Waals surface area contributed by atoms with Crippen molar-refractivity contribution in [1.82, 2.24) is 21.1 Å². The van der Waals surface area contributed by atoms with Gasteiger partial charge in [0.25, 0.3) is 5.91 Å². The number of hydrogen-bond acceptors (Lipinski definition) is 6. The number of amides is 4. The molecule has 0 radical (unpaired) electrons. The molecule has 10 nitrogen and oxygen atoms in total. The summed E-state index contributed by atoms with van der Waals surface area (Å²) < 4.78 is 0. The molecule has 0 aromatic carbocycles. The number of aliphatic hydroxyl groups is 1. The highest BCUT2D eigenvalue weighted by Gasteiger charge is 2.36. The summed E-state index contributed by atoms with van der Waals surface area (Å²) in [4.78, 5) is 49.9. The fraction of sp³-hybridized carbons (Fsp3) is 0.714. The number of carbonyl (C=O) groups excluding carboxylic acids is 4. The van der Waals surface area contributed by atoms with Crippen molar-refractivity contribution in [2.75, 3.05) is 13.2 Å². The second-order valence-corrected chi connectivity index (χ2v) is 8.79. The minimum Gasteiger partial charge on any atom is -0.396 e. The van der Waals surface area contributed by atoms with E-state index in [-0.39, 0.29) is 24.9 Å². The van der Waals surface area contributed by atoms with Crippen molar-refractivity contribution in [2.24, 2.45) is 23.0 Å². The fourth-order valence-corrected chi connectivity index (χ4v) is 3.36. The van der Waals surface area contributed by atoms with Crippen molar-refractivity contribution in [3.63, 3.8) is 0 Å². The molecule has 31 heavy (non-hydrogen) atoms. The third-order valence-electron chi connectivity index (χ3n) is 5.81. The SMILES string of the molecule is C=CC(C)(CCO)C(=O)NC(C(=O)NC(C)C(=O)N1CCC(C)C(C(N)=O)N1)C(C)C. The maximum Gasteiger partial charge on any atom is 0.258 e. The molecule has 1 saturated heterocycles. The number of rotatable bonds is 10. The zero-order valence-corrected chi connectivity index (χ0v) is 19.1. The number of nitrogens with zero attached hydrogens (tertiary/aromatic N) is 1. The topological polar surface area (TPSA) is 154 Å². The number of nitrogens with two attached hydrogens (primary N) is 1. The molecule has 1 rings (SSSR count). The van der Waals surface area contributed by atoms with Gasteiger partial charge in [0.15, 0.2) is 0 Å². The molecular formula is C21H37N5O5. The Balaban J connectivity index is 2.83. The van der Waals surface area contributed by atoms with E-state index in [1.807, 2.05) is 6.92 Å². The Labute approximate surface area is 184 Å². The maximum absolute atomic E-state index is 12.8. The van der Waals surface area contributed by atoms with E-state index in [1.54, 1.807) is 20.8 Å². The molecule has 0 aliphatic carbocycles. The van der Waals surface area contributed by atoms with Crippen molar-refractivity contribution >= 4 is 23.6 Å². The van der Waals surface area contributed by atoms with E-state index in [2.05, 4.69) is 22.6 Å². The van der Waals surface area contributed by atoms with Crippen LogP contribution in [-0.4, -0.2) is 65.0 Å². The Morgan fingerprint density at radius 3 is 2.39 bits per heavy atom. The second-order valence-electron chi connectivity index (χ2n) is 8.79. The van der Waals surface area contributed by atoms with Crippen molar-refractivity contribution in [2.45, 2.75) is 65.6 Å². The summed E-state index contributed by atoms with van der Waals surface area (Å²) in [7, 11) is 0. The zero-order valence-electron chi connectivity index (χ0n) is 19.1. The van der Waals surface area contributed by atoms with Crippen LogP contribution >= 0.6 is 0 Å². The van der Waals surface area contributed by atoms with Crippen LogP contribution in [0.2, 0.25) is 0 Å². The number of primary amides is 1. The van der Waals surface area contributed by atoms with Gasteiger partial charge in [-0.3, -0.25) is 24.2 Å². The van der Waals surface area contributed by atoms with Gasteiger partial charge in [-0.2, -0.15) is 0 Å². The molecule has 0 spiro atoms. The highest BCUT2D eigenvalue weighted by atomic mass is 16.3. The summed E-state index contributed by atoms with van der Waals surface area (Å²) in [5.41, 5.74) is 7.20. The highest BCUT2D eigenvalue weighted by Crippen LogP contribution is 2.23. The van der Waals surface area contributed by atoms with E-state index in [9.17, 15) is 24.3 Å². The molecule has 176 valence electrons. The minimum atomic E-state index is -1.03. The molecule has 1 fully saturated rings. The monoisotopic (exact) mass is 439 g/mol. The van der Waals surface area contributed by atoms with Gasteiger partial charge < -0.3 is 21.5 Å². The molecule has 1 aliphatic heterocycles. The molecule has 0 saturated carbocycles. The first kappa shape index (κ1) is 26.6. The maximum atomic E-state index is 12.8. The molecule has 0 bridgehead atoms. The number of nitrogens with one attached hydrogen (secondary N) is 3. The van der Waals surface area contributed by atoms with Crippen LogP contribution in [0.15, 0.2) is 12.7 Å².